The Bertz CT molecular complexity index is 461. The lowest BCUT2D eigenvalue weighted by molar-refractivity contribution is 0.0548. The van der Waals surface area contributed by atoms with Crippen LogP contribution in [0.3, 0.4) is 0 Å². The van der Waals surface area contributed by atoms with Crippen molar-refractivity contribution in [1.29, 1.82) is 0 Å². The van der Waals surface area contributed by atoms with Crippen LogP contribution in [0, 0.1) is 6.92 Å². The first-order valence-corrected chi connectivity index (χ1v) is 8.04. The van der Waals surface area contributed by atoms with Gasteiger partial charge >= 0.3 is 7.60 Å². The topological polar surface area (TPSA) is 35.5 Å². The van der Waals surface area contributed by atoms with Gasteiger partial charge in [-0.1, -0.05) is 17.7 Å². The molecule has 0 unspecified atom stereocenters. The second-order valence-electron chi connectivity index (χ2n) is 6.74. The molecule has 1 rings (SSSR count). The van der Waals surface area contributed by atoms with Crippen LogP contribution in [-0.2, 0) is 13.6 Å². The van der Waals surface area contributed by atoms with Crippen LogP contribution in [0.1, 0.15) is 47.1 Å². The van der Waals surface area contributed by atoms with Crippen molar-refractivity contribution >= 4 is 12.9 Å². The molecule has 1 aromatic carbocycles. The van der Waals surface area contributed by atoms with Crippen LogP contribution in [0.4, 0.5) is 0 Å². The molecule has 0 aromatic heterocycles. The summed E-state index contributed by atoms with van der Waals surface area (Å²) in [5.41, 5.74) is -0.0394. The summed E-state index contributed by atoms with van der Waals surface area (Å²) >= 11 is 0. The van der Waals surface area contributed by atoms with E-state index in [1.165, 1.54) is 0 Å². The van der Waals surface area contributed by atoms with Gasteiger partial charge in [0.2, 0.25) is 0 Å². The Kier molecular flexibility index (Phi) is 4.66. The van der Waals surface area contributed by atoms with Gasteiger partial charge in [0.1, 0.15) is 0 Å². The molecule has 0 aliphatic carbocycles. The molecule has 0 aliphatic heterocycles. The van der Waals surface area contributed by atoms with Gasteiger partial charge in [0.15, 0.2) is 0 Å². The highest BCUT2D eigenvalue weighted by Crippen LogP contribution is 2.53. The second kappa shape index (κ2) is 5.40. The average molecular weight is 284 g/mol. The van der Waals surface area contributed by atoms with Crippen LogP contribution in [-0.4, -0.2) is 11.2 Å². The van der Waals surface area contributed by atoms with E-state index < -0.39 is 18.8 Å². The minimum absolute atomic E-state index is 0.537. The molecule has 4 heteroatoms. The fourth-order valence-corrected chi connectivity index (χ4v) is 3.96. The SMILES string of the molecule is Cc1cccc(P(=O)(OC(C)(C)C)OC(C)(C)C)c1. The lowest BCUT2D eigenvalue weighted by atomic mass is 10.2. The molecule has 0 heterocycles. The molecule has 0 N–H and O–H groups in total. The van der Waals surface area contributed by atoms with Crippen LogP contribution < -0.4 is 5.30 Å². The lowest BCUT2D eigenvalue weighted by Crippen LogP contribution is -2.28. The largest absolute Gasteiger partial charge is 0.362 e. The van der Waals surface area contributed by atoms with Crippen molar-refractivity contribution in [1.82, 2.24) is 0 Å². The maximum absolute atomic E-state index is 13.2. The molecule has 0 atom stereocenters. The number of hydrogen-bond acceptors (Lipinski definition) is 3. The zero-order valence-electron chi connectivity index (χ0n) is 13.0. The fourth-order valence-electron chi connectivity index (χ4n) is 1.64. The zero-order valence-corrected chi connectivity index (χ0v) is 13.9. The maximum atomic E-state index is 13.2. The van der Waals surface area contributed by atoms with E-state index in [1.807, 2.05) is 66.7 Å². The summed E-state index contributed by atoms with van der Waals surface area (Å²) in [6.07, 6.45) is 0. The number of hydrogen-bond donors (Lipinski definition) is 0. The standard InChI is InChI=1S/C15H25O3P/c1-12-9-8-10-13(11-12)19(16,17-14(2,3)4)18-15(5,6)7/h8-11H,1-7H3. The van der Waals surface area contributed by atoms with Gasteiger partial charge in [-0.2, -0.15) is 0 Å². The molecule has 0 bridgehead atoms. The molecule has 19 heavy (non-hydrogen) atoms. The van der Waals surface area contributed by atoms with Gasteiger partial charge in [0, 0.05) is 0 Å². The van der Waals surface area contributed by atoms with Crippen molar-refractivity contribution < 1.29 is 13.6 Å². The predicted molar refractivity (Wildman–Crippen MR) is 80.1 cm³/mol. The number of benzene rings is 1. The highest BCUT2D eigenvalue weighted by molar-refractivity contribution is 7.62. The highest BCUT2D eigenvalue weighted by atomic mass is 31.2. The van der Waals surface area contributed by atoms with Crippen LogP contribution in [0.15, 0.2) is 24.3 Å². The summed E-state index contributed by atoms with van der Waals surface area (Å²) < 4.78 is 24.7. The summed E-state index contributed by atoms with van der Waals surface area (Å²) in [6, 6.07) is 7.49. The van der Waals surface area contributed by atoms with E-state index in [-0.39, 0.29) is 0 Å². The molecule has 0 saturated heterocycles. The Morgan fingerprint density at radius 2 is 1.42 bits per heavy atom. The normalized spacial score (nSPS) is 13.6. The lowest BCUT2D eigenvalue weighted by Gasteiger charge is -2.32. The molecular weight excluding hydrogens is 259 g/mol. The quantitative estimate of drug-likeness (QED) is 0.769. The van der Waals surface area contributed by atoms with Crippen LogP contribution in [0.5, 0.6) is 0 Å². The van der Waals surface area contributed by atoms with E-state index >= 15 is 0 Å². The van der Waals surface area contributed by atoms with Gasteiger partial charge in [-0.05, 0) is 60.6 Å². The molecule has 0 spiro atoms. The molecule has 0 fully saturated rings. The molecule has 1 aromatic rings. The van der Waals surface area contributed by atoms with Gasteiger partial charge in [0.05, 0.1) is 16.5 Å². The van der Waals surface area contributed by atoms with Gasteiger partial charge in [-0.25, -0.2) is 0 Å². The van der Waals surface area contributed by atoms with Gasteiger partial charge in [0.25, 0.3) is 0 Å². The smallest absolute Gasteiger partial charge is 0.299 e. The van der Waals surface area contributed by atoms with E-state index in [0.29, 0.717) is 5.30 Å². The number of aryl methyl sites for hydroxylation is 1. The molecule has 0 amide bonds. The summed E-state index contributed by atoms with van der Waals surface area (Å²) in [4.78, 5) is 0. The van der Waals surface area contributed by atoms with Crippen LogP contribution in [0.2, 0.25) is 0 Å². The number of rotatable bonds is 3. The first kappa shape index (κ1) is 16.4. The third kappa shape index (κ3) is 5.48. The summed E-state index contributed by atoms with van der Waals surface area (Å²) in [5.74, 6) is 0. The summed E-state index contributed by atoms with van der Waals surface area (Å²) in [5, 5.41) is 0.609. The van der Waals surface area contributed by atoms with Gasteiger partial charge < -0.3 is 0 Å². The average Bonchev–Trinajstić information content (AvgIpc) is 2.11. The monoisotopic (exact) mass is 284 g/mol. The van der Waals surface area contributed by atoms with E-state index in [1.54, 1.807) is 6.07 Å². The molecule has 3 nitrogen and oxygen atoms in total. The van der Waals surface area contributed by atoms with Crippen molar-refractivity contribution in [3.63, 3.8) is 0 Å². The van der Waals surface area contributed by atoms with Gasteiger partial charge in [-0.3, -0.25) is 13.6 Å². The second-order valence-corrected chi connectivity index (χ2v) is 8.62. The van der Waals surface area contributed by atoms with E-state index in [0.717, 1.165) is 5.56 Å². The van der Waals surface area contributed by atoms with E-state index in [2.05, 4.69) is 0 Å². The third-order valence-electron chi connectivity index (χ3n) is 2.11. The maximum Gasteiger partial charge on any atom is 0.362 e. The highest BCUT2D eigenvalue weighted by Gasteiger charge is 2.37. The van der Waals surface area contributed by atoms with Crippen LogP contribution in [0.25, 0.3) is 0 Å². The minimum atomic E-state index is -3.34. The Morgan fingerprint density at radius 1 is 0.947 bits per heavy atom. The van der Waals surface area contributed by atoms with Crippen molar-refractivity contribution in [2.45, 2.75) is 59.7 Å². The van der Waals surface area contributed by atoms with E-state index in [4.69, 9.17) is 9.05 Å². The Hall–Kier alpha value is -0.630. The van der Waals surface area contributed by atoms with Crippen molar-refractivity contribution in [3.05, 3.63) is 29.8 Å². The molecule has 108 valence electrons. The Morgan fingerprint density at radius 3 is 1.79 bits per heavy atom. The first-order chi connectivity index (χ1) is 8.41. The van der Waals surface area contributed by atoms with Crippen molar-refractivity contribution in [2.24, 2.45) is 0 Å². The molecule has 0 radical (unpaired) electrons. The Balaban J connectivity index is 3.23. The van der Waals surface area contributed by atoms with E-state index in [9.17, 15) is 4.57 Å². The summed E-state index contributed by atoms with van der Waals surface area (Å²) in [7, 11) is -3.34. The van der Waals surface area contributed by atoms with Gasteiger partial charge in [-0.15, -0.1) is 0 Å². The van der Waals surface area contributed by atoms with Crippen LogP contribution >= 0.6 is 7.60 Å². The molecular formula is C15H25O3P. The molecule has 0 saturated carbocycles. The third-order valence-corrected chi connectivity index (χ3v) is 4.59. The van der Waals surface area contributed by atoms with Crippen molar-refractivity contribution in [2.75, 3.05) is 0 Å². The minimum Gasteiger partial charge on any atom is -0.299 e. The summed E-state index contributed by atoms with van der Waals surface area (Å²) in [6.45, 7) is 13.2. The fraction of sp³-hybridized carbons (Fsp3) is 0.600. The van der Waals surface area contributed by atoms with Crippen molar-refractivity contribution in [3.8, 4) is 0 Å². The molecule has 0 aliphatic rings. The Labute approximate surface area is 116 Å². The predicted octanol–water partition coefficient (Wildman–Crippen LogP) is 4.44. The zero-order chi connectivity index (χ0) is 14.9. The first-order valence-electron chi connectivity index (χ1n) is 6.50.